The van der Waals surface area contributed by atoms with Crippen LogP contribution in [0.15, 0.2) is 24.5 Å². The summed E-state index contributed by atoms with van der Waals surface area (Å²) in [5, 5.41) is 2.84. The number of hydrogen-bond acceptors (Lipinski definition) is 4. The summed E-state index contributed by atoms with van der Waals surface area (Å²) < 4.78 is 5.26. The fourth-order valence-electron chi connectivity index (χ4n) is 2.66. The number of amides is 1. The number of ether oxygens (including phenoxy) is 1. The molecule has 0 aromatic carbocycles. The quantitative estimate of drug-likeness (QED) is 0.886. The van der Waals surface area contributed by atoms with Crippen LogP contribution in [0.5, 0.6) is 0 Å². The van der Waals surface area contributed by atoms with Crippen LogP contribution >= 0.6 is 0 Å². The molecule has 0 spiro atoms. The van der Waals surface area contributed by atoms with E-state index in [1.807, 2.05) is 40.1 Å². The van der Waals surface area contributed by atoms with Gasteiger partial charge in [0.2, 0.25) is 0 Å². The second-order valence-electron chi connectivity index (χ2n) is 7.36. The predicted octanol–water partition coefficient (Wildman–Crippen LogP) is 4.00. The first-order valence-corrected chi connectivity index (χ1v) is 8.69. The van der Waals surface area contributed by atoms with E-state index >= 15 is 0 Å². The van der Waals surface area contributed by atoms with E-state index in [-0.39, 0.29) is 12.1 Å². The number of carbonyl (C=O) groups is 1. The largest absolute Gasteiger partial charge is 0.444 e. The highest BCUT2D eigenvalue weighted by molar-refractivity contribution is 5.68. The first-order valence-electron chi connectivity index (χ1n) is 8.69. The van der Waals surface area contributed by atoms with Crippen LogP contribution in [0.3, 0.4) is 0 Å². The molecule has 1 amide bonds. The molecule has 1 aliphatic rings. The van der Waals surface area contributed by atoms with Gasteiger partial charge in [-0.3, -0.25) is 4.98 Å². The standard InChI is InChI=1S/C19H29N3O2/c1-15(21-18(23)24-19(2,3)4)8-7-9-16-12-17(14-20-13-16)22-10-5-6-11-22/h7,9,12-15H,5-6,8,10-11H2,1-4H3,(H,21,23)/b9-7+/t15-/m0/s1. The van der Waals surface area contributed by atoms with Crippen LogP contribution in [0.25, 0.3) is 6.08 Å². The third-order valence-corrected chi connectivity index (χ3v) is 3.78. The lowest BCUT2D eigenvalue weighted by molar-refractivity contribution is 0.0509. The Kier molecular flexibility index (Phi) is 6.23. The number of aromatic nitrogens is 1. The van der Waals surface area contributed by atoms with Gasteiger partial charge in [0.25, 0.3) is 0 Å². The van der Waals surface area contributed by atoms with Gasteiger partial charge in [-0.1, -0.05) is 12.2 Å². The SMILES string of the molecule is C[C@@H](C/C=C/c1cncc(N2CCCC2)c1)NC(=O)OC(C)(C)C. The molecule has 1 fully saturated rings. The van der Waals surface area contributed by atoms with Crippen LogP contribution < -0.4 is 10.2 Å². The Labute approximate surface area is 145 Å². The van der Waals surface area contributed by atoms with E-state index in [0.29, 0.717) is 0 Å². The van der Waals surface area contributed by atoms with Crippen molar-refractivity contribution in [2.45, 2.75) is 58.6 Å². The molecule has 1 aromatic rings. The van der Waals surface area contributed by atoms with E-state index in [0.717, 1.165) is 25.1 Å². The molecule has 2 rings (SSSR count). The van der Waals surface area contributed by atoms with Crippen LogP contribution in [-0.2, 0) is 4.74 Å². The molecule has 1 aliphatic heterocycles. The average molecular weight is 331 g/mol. The Hall–Kier alpha value is -2.04. The van der Waals surface area contributed by atoms with E-state index in [1.165, 1.54) is 18.5 Å². The van der Waals surface area contributed by atoms with Gasteiger partial charge in [0.15, 0.2) is 0 Å². The van der Waals surface area contributed by atoms with Gasteiger partial charge in [0.1, 0.15) is 5.60 Å². The summed E-state index contributed by atoms with van der Waals surface area (Å²) in [7, 11) is 0. The van der Waals surface area contributed by atoms with Crippen LogP contribution in [-0.4, -0.2) is 35.8 Å². The minimum atomic E-state index is -0.471. The maximum absolute atomic E-state index is 11.7. The van der Waals surface area contributed by atoms with Gasteiger partial charge in [0, 0.05) is 25.3 Å². The van der Waals surface area contributed by atoms with Gasteiger partial charge in [-0.05, 0) is 58.6 Å². The molecule has 1 aromatic heterocycles. The Morgan fingerprint density at radius 1 is 1.38 bits per heavy atom. The molecule has 0 saturated carbocycles. The second-order valence-corrected chi connectivity index (χ2v) is 7.36. The fraction of sp³-hybridized carbons (Fsp3) is 0.579. The molecule has 1 saturated heterocycles. The summed E-state index contributed by atoms with van der Waals surface area (Å²) in [4.78, 5) is 18.4. The Balaban J connectivity index is 1.83. The normalized spacial score (nSPS) is 16.4. The molecule has 24 heavy (non-hydrogen) atoms. The van der Waals surface area contributed by atoms with Crippen molar-refractivity contribution in [1.29, 1.82) is 0 Å². The number of pyridine rings is 1. The zero-order valence-corrected chi connectivity index (χ0v) is 15.2. The number of carbonyl (C=O) groups excluding carboxylic acids is 1. The minimum Gasteiger partial charge on any atom is -0.444 e. The molecule has 1 N–H and O–H groups in total. The smallest absolute Gasteiger partial charge is 0.407 e. The van der Waals surface area contributed by atoms with Crippen LogP contribution in [0, 0.1) is 0 Å². The highest BCUT2D eigenvalue weighted by Gasteiger charge is 2.17. The van der Waals surface area contributed by atoms with Gasteiger partial charge in [0.05, 0.1) is 11.9 Å². The van der Waals surface area contributed by atoms with Crippen molar-refractivity contribution in [3.05, 3.63) is 30.1 Å². The van der Waals surface area contributed by atoms with E-state index in [2.05, 4.69) is 33.4 Å². The lowest BCUT2D eigenvalue weighted by Gasteiger charge is -2.21. The van der Waals surface area contributed by atoms with Crippen molar-refractivity contribution in [2.24, 2.45) is 0 Å². The van der Waals surface area contributed by atoms with Gasteiger partial charge in [-0.2, -0.15) is 0 Å². The summed E-state index contributed by atoms with van der Waals surface area (Å²) in [6, 6.07) is 2.19. The van der Waals surface area contributed by atoms with Crippen molar-refractivity contribution in [2.75, 3.05) is 18.0 Å². The minimum absolute atomic E-state index is 0.0193. The molecule has 0 aliphatic carbocycles. The lowest BCUT2D eigenvalue weighted by atomic mass is 10.2. The Bertz CT molecular complexity index is 572. The second kappa shape index (κ2) is 8.18. The Morgan fingerprint density at radius 3 is 2.75 bits per heavy atom. The van der Waals surface area contributed by atoms with Gasteiger partial charge in [-0.25, -0.2) is 4.79 Å². The lowest BCUT2D eigenvalue weighted by Crippen LogP contribution is -2.37. The number of nitrogens with zero attached hydrogens (tertiary/aromatic N) is 2. The highest BCUT2D eigenvalue weighted by atomic mass is 16.6. The molecule has 0 radical (unpaired) electrons. The number of nitrogens with one attached hydrogen (secondary N) is 1. The number of alkyl carbamates (subject to hydrolysis) is 1. The molecule has 5 heteroatoms. The van der Waals surface area contributed by atoms with E-state index < -0.39 is 5.60 Å². The topological polar surface area (TPSA) is 54.5 Å². The molecule has 5 nitrogen and oxygen atoms in total. The fourth-order valence-corrected chi connectivity index (χ4v) is 2.66. The predicted molar refractivity (Wildman–Crippen MR) is 98.2 cm³/mol. The highest BCUT2D eigenvalue weighted by Crippen LogP contribution is 2.20. The molecule has 132 valence electrons. The average Bonchev–Trinajstić information content (AvgIpc) is 2.99. The van der Waals surface area contributed by atoms with E-state index in [4.69, 9.17) is 4.74 Å². The molecule has 2 heterocycles. The van der Waals surface area contributed by atoms with Crippen molar-refractivity contribution < 1.29 is 9.53 Å². The first kappa shape index (κ1) is 18.3. The molecular weight excluding hydrogens is 302 g/mol. The van der Waals surface area contributed by atoms with Crippen molar-refractivity contribution in [3.63, 3.8) is 0 Å². The van der Waals surface area contributed by atoms with E-state index in [9.17, 15) is 4.79 Å². The Morgan fingerprint density at radius 2 is 2.08 bits per heavy atom. The summed E-state index contributed by atoms with van der Waals surface area (Å²) in [6.07, 6.45) is 10.8. The maximum Gasteiger partial charge on any atom is 0.407 e. The molecule has 1 atom stereocenters. The number of anilines is 1. The molecular formula is C19H29N3O2. The monoisotopic (exact) mass is 331 g/mol. The van der Waals surface area contributed by atoms with Crippen molar-refractivity contribution in [3.8, 4) is 0 Å². The summed E-state index contributed by atoms with van der Waals surface area (Å²) in [5.74, 6) is 0. The third-order valence-electron chi connectivity index (χ3n) is 3.78. The zero-order chi connectivity index (χ0) is 17.6. The third kappa shape index (κ3) is 6.22. The summed E-state index contributed by atoms with van der Waals surface area (Å²) in [5.41, 5.74) is 1.81. The van der Waals surface area contributed by atoms with Crippen LogP contribution in [0.1, 0.15) is 52.5 Å². The molecule has 0 unspecified atom stereocenters. The van der Waals surface area contributed by atoms with Gasteiger partial charge < -0.3 is 15.0 Å². The van der Waals surface area contributed by atoms with Gasteiger partial charge in [-0.15, -0.1) is 0 Å². The summed E-state index contributed by atoms with van der Waals surface area (Å²) >= 11 is 0. The summed E-state index contributed by atoms with van der Waals surface area (Å²) in [6.45, 7) is 9.77. The van der Waals surface area contributed by atoms with Crippen LogP contribution in [0.4, 0.5) is 10.5 Å². The maximum atomic E-state index is 11.7. The first-order chi connectivity index (χ1) is 11.3. The molecule has 0 bridgehead atoms. The van der Waals surface area contributed by atoms with Crippen LogP contribution in [0.2, 0.25) is 0 Å². The van der Waals surface area contributed by atoms with Crippen molar-refractivity contribution in [1.82, 2.24) is 10.3 Å². The zero-order valence-electron chi connectivity index (χ0n) is 15.2. The van der Waals surface area contributed by atoms with Gasteiger partial charge >= 0.3 is 6.09 Å². The van der Waals surface area contributed by atoms with E-state index in [1.54, 1.807) is 0 Å². The number of hydrogen-bond donors (Lipinski definition) is 1. The van der Waals surface area contributed by atoms with Crippen molar-refractivity contribution >= 4 is 17.9 Å². The number of rotatable bonds is 5.